The first kappa shape index (κ1) is 16.4. The number of halogens is 1. The molecule has 3 rings (SSSR count). The SMILES string of the molecule is CCc1ccc(-n2cc(C(=O)NCc3ccc(Br)cc3)nn2)cc1. The highest BCUT2D eigenvalue weighted by molar-refractivity contribution is 9.10. The summed E-state index contributed by atoms with van der Waals surface area (Å²) < 4.78 is 2.61. The van der Waals surface area contributed by atoms with Crippen molar-refractivity contribution >= 4 is 21.8 Å². The first-order chi connectivity index (χ1) is 11.7. The summed E-state index contributed by atoms with van der Waals surface area (Å²) in [4.78, 5) is 12.2. The third-order valence-corrected chi connectivity index (χ3v) is 4.23. The van der Waals surface area contributed by atoms with Crippen LogP contribution in [0, 0.1) is 0 Å². The monoisotopic (exact) mass is 384 g/mol. The fraction of sp³-hybridized carbons (Fsp3) is 0.167. The molecule has 2 aromatic carbocycles. The first-order valence-corrected chi connectivity index (χ1v) is 8.49. The topological polar surface area (TPSA) is 59.8 Å². The molecule has 1 aromatic heterocycles. The van der Waals surface area contributed by atoms with Crippen LogP contribution in [0.2, 0.25) is 0 Å². The van der Waals surface area contributed by atoms with E-state index in [2.05, 4.69) is 38.5 Å². The summed E-state index contributed by atoms with van der Waals surface area (Å²) in [5.41, 5.74) is 3.46. The second kappa shape index (κ2) is 7.40. The van der Waals surface area contributed by atoms with Crippen molar-refractivity contribution < 1.29 is 4.79 Å². The van der Waals surface area contributed by atoms with E-state index in [1.54, 1.807) is 10.9 Å². The van der Waals surface area contributed by atoms with E-state index in [9.17, 15) is 4.79 Å². The zero-order valence-electron chi connectivity index (χ0n) is 13.2. The molecule has 6 heteroatoms. The zero-order chi connectivity index (χ0) is 16.9. The van der Waals surface area contributed by atoms with E-state index in [0.717, 1.165) is 22.1 Å². The highest BCUT2D eigenvalue weighted by atomic mass is 79.9. The number of hydrogen-bond donors (Lipinski definition) is 1. The van der Waals surface area contributed by atoms with Crippen LogP contribution in [0.15, 0.2) is 59.2 Å². The average molecular weight is 385 g/mol. The summed E-state index contributed by atoms with van der Waals surface area (Å²) in [6.45, 7) is 2.56. The molecule has 3 aromatic rings. The van der Waals surface area contributed by atoms with Crippen LogP contribution in [0.4, 0.5) is 0 Å². The summed E-state index contributed by atoms with van der Waals surface area (Å²) in [5.74, 6) is -0.241. The van der Waals surface area contributed by atoms with Gasteiger partial charge in [0.2, 0.25) is 0 Å². The number of rotatable bonds is 5. The number of amides is 1. The van der Waals surface area contributed by atoms with Crippen molar-refractivity contribution in [2.45, 2.75) is 19.9 Å². The lowest BCUT2D eigenvalue weighted by Gasteiger charge is -2.03. The van der Waals surface area contributed by atoms with E-state index in [1.165, 1.54) is 5.56 Å². The summed E-state index contributed by atoms with van der Waals surface area (Å²) in [5, 5.41) is 10.8. The van der Waals surface area contributed by atoms with E-state index in [4.69, 9.17) is 0 Å². The lowest BCUT2D eigenvalue weighted by atomic mass is 10.1. The van der Waals surface area contributed by atoms with Crippen LogP contribution in [0.25, 0.3) is 5.69 Å². The number of nitrogens with zero attached hydrogens (tertiary/aromatic N) is 3. The lowest BCUT2D eigenvalue weighted by Crippen LogP contribution is -2.23. The lowest BCUT2D eigenvalue weighted by molar-refractivity contribution is 0.0946. The molecule has 0 bridgehead atoms. The van der Waals surface area contributed by atoms with Gasteiger partial charge in [-0.2, -0.15) is 0 Å². The van der Waals surface area contributed by atoms with E-state index >= 15 is 0 Å². The summed E-state index contributed by atoms with van der Waals surface area (Å²) in [7, 11) is 0. The fourth-order valence-electron chi connectivity index (χ4n) is 2.25. The number of benzene rings is 2. The van der Waals surface area contributed by atoms with Gasteiger partial charge in [0.1, 0.15) is 0 Å². The maximum absolute atomic E-state index is 12.2. The minimum atomic E-state index is -0.241. The minimum Gasteiger partial charge on any atom is -0.347 e. The van der Waals surface area contributed by atoms with Gasteiger partial charge in [-0.05, 0) is 41.8 Å². The molecule has 0 spiro atoms. The molecule has 0 aliphatic heterocycles. The smallest absolute Gasteiger partial charge is 0.273 e. The molecule has 122 valence electrons. The number of hydrogen-bond acceptors (Lipinski definition) is 3. The number of aromatic nitrogens is 3. The molecule has 0 saturated carbocycles. The Morgan fingerprint density at radius 2 is 1.75 bits per heavy atom. The van der Waals surface area contributed by atoms with Crippen LogP contribution in [-0.4, -0.2) is 20.9 Å². The molecule has 0 aliphatic rings. The van der Waals surface area contributed by atoms with Crippen molar-refractivity contribution in [2.24, 2.45) is 0 Å². The predicted octanol–water partition coefficient (Wildman–Crippen LogP) is 3.52. The van der Waals surface area contributed by atoms with Crippen LogP contribution in [0.1, 0.15) is 28.5 Å². The number of nitrogens with one attached hydrogen (secondary N) is 1. The Balaban J connectivity index is 1.65. The van der Waals surface area contributed by atoms with E-state index in [-0.39, 0.29) is 5.91 Å². The molecular weight excluding hydrogens is 368 g/mol. The van der Waals surface area contributed by atoms with Crippen LogP contribution in [0.5, 0.6) is 0 Å². The normalized spacial score (nSPS) is 10.6. The van der Waals surface area contributed by atoms with Gasteiger partial charge in [-0.15, -0.1) is 5.10 Å². The summed E-state index contributed by atoms with van der Waals surface area (Å²) in [6.07, 6.45) is 2.62. The molecule has 0 radical (unpaired) electrons. The molecule has 24 heavy (non-hydrogen) atoms. The second-order valence-corrected chi connectivity index (χ2v) is 6.29. The van der Waals surface area contributed by atoms with Crippen LogP contribution < -0.4 is 5.32 Å². The van der Waals surface area contributed by atoms with E-state index < -0.39 is 0 Å². The Morgan fingerprint density at radius 1 is 1.08 bits per heavy atom. The second-order valence-electron chi connectivity index (χ2n) is 5.38. The van der Waals surface area contributed by atoms with Gasteiger partial charge in [0, 0.05) is 11.0 Å². The van der Waals surface area contributed by atoms with Gasteiger partial charge in [0.05, 0.1) is 11.9 Å². The molecule has 0 aliphatic carbocycles. The van der Waals surface area contributed by atoms with E-state index in [1.807, 2.05) is 48.5 Å². The van der Waals surface area contributed by atoms with Gasteiger partial charge in [0.15, 0.2) is 5.69 Å². The van der Waals surface area contributed by atoms with Gasteiger partial charge in [-0.1, -0.05) is 52.3 Å². The van der Waals surface area contributed by atoms with Crippen LogP contribution >= 0.6 is 15.9 Å². The molecular formula is C18H17BrN4O. The third-order valence-electron chi connectivity index (χ3n) is 3.70. The Bertz CT molecular complexity index is 825. The van der Waals surface area contributed by atoms with Crippen LogP contribution in [-0.2, 0) is 13.0 Å². The highest BCUT2D eigenvalue weighted by Crippen LogP contribution is 2.11. The largest absolute Gasteiger partial charge is 0.347 e. The Hall–Kier alpha value is -2.47. The predicted molar refractivity (Wildman–Crippen MR) is 96.0 cm³/mol. The minimum absolute atomic E-state index is 0.241. The van der Waals surface area contributed by atoms with Crippen molar-refractivity contribution in [3.8, 4) is 5.69 Å². The summed E-state index contributed by atoms with van der Waals surface area (Å²) in [6, 6.07) is 15.8. The highest BCUT2D eigenvalue weighted by Gasteiger charge is 2.11. The fourth-order valence-corrected chi connectivity index (χ4v) is 2.52. The molecule has 0 unspecified atom stereocenters. The van der Waals surface area contributed by atoms with Gasteiger partial charge in [0.25, 0.3) is 5.91 Å². The van der Waals surface area contributed by atoms with E-state index in [0.29, 0.717) is 12.2 Å². The molecule has 1 heterocycles. The molecule has 0 atom stereocenters. The third kappa shape index (κ3) is 3.89. The molecule has 0 saturated heterocycles. The van der Waals surface area contributed by atoms with Crippen molar-refractivity contribution in [3.05, 3.63) is 76.0 Å². The Morgan fingerprint density at radius 3 is 2.42 bits per heavy atom. The van der Waals surface area contributed by atoms with Crippen molar-refractivity contribution in [1.82, 2.24) is 20.3 Å². The maximum atomic E-state index is 12.2. The quantitative estimate of drug-likeness (QED) is 0.731. The van der Waals surface area contributed by atoms with Gasteiger partial charge < -0.3 is 5.32 Å². The standard InChI is InChI=1S/C18H17BrN4O/c1-2-13-5-9-16(10-6-13)23-12-17(21-22-23)18(24)20-11-14-3-7-15(19)8-4-14/h3-10,12H,2,11H2,1H3,(H,20,24). The Kier molecular flexibility index (Phi) is 5.05. The van der Waals surface area contributed by atoms with Gasteiger partial charge in [-0.25, -0.2) is 4.68 Å². The van der Waals surface area contributed by atoms with Crippen molar-refractivity contribution in [3.63, 3.8) is 0 Å². The van der Waals surface area contributed by atoms with Gasteiger partial charge >= 0.3 is 0 Å². The van der Waals surface area contributed by atoms with Crippen molar-refractivity contribution in [1.29, 1.82) is 0 Å². The average Bonchev–Trinajstić information content (AvgIpc) is 3.11. The molecule has 1 amide bonds. The zero-order valence-corrected chi connectivity index (χ0v) is 14.8. The number of carbonyl (C=O) groups is 1. The van der Waals surface area contributed by atoms with Crippen molar-refractivity contribution in [2.75, 3.05) is 0 Å². The first-order valence-electron chi connectivity index (χ1n) is 7.70. The molecule has 5 nitrogen and oxygen atoms in total. The maximum Gasteiger partial charge on any atom is 0.273 e. The number of aryl methyl sites for hydroxylation is 1. The van der Waals surface area contributed by atoms with Gasteiger partial charge in [-0.3, -0.25) is 4.79 Å². The molecule has 0 fully saturated rings. The van der Waals surface area contributed by atoms with Crippen LogP contribution in [0.3, 0.4) is 0 Å². The Labute approximate surface area is 148 Å². The number of carbonyl (C=O) groups excluding carboxylic acids is 1. The summed E-state index contributed by atoms with van der Waals surface area (Å²) >= 11 is 3.39. The molecule has 1 N–H and O–H groups in total.